The highest BCUT2D eigenvalue weighted by Gasteiger charge is 2.51. The Hall–Kier alpha value is -10.2. The fraction of sp³-hybridized carbons (Fsp3) is 0. The normalized spacial score (nSPS) is 14.8. The highest BCUT2D eigenvalue weighted by Crippen LogP contribution is 2.63. The Bertz CT molecular complexity index is 4730. The maximum atomic E-state index is 18.3. The van der Waals surface area contributed by atoms with Crippen LogP contribution in [0.2, 0.25) is 0 Å². The van der Waals surface area contributed by atoms with E-state index in [1.807, 2.05) is 0 Å². The molecule has 0 saturated heterocycles. The minimum absolute atomic E-state index is 0.246. The van der Waals surface area contributed by atoms with Crippen molar-refractivity contribution in [3.8, 4) is 0 Å². The Balaban J connectivity index is 0.981. The molecule has 0 radical (unpaired) electrons. The summed E-state index contributed by atoms with van der Waals surface area (Å²) in [6.07, 6.45) is 0. The number of fused-ring (bicyclic) bond motifs is 10. The lowest BCUT2D eigenvalue weighted by Crippen LogP contribution is -2.62. The van der Waals surface area contributed by atoms with Crippen LogP contribution in [-0.2, 0) is 4.57 Å². The second kappa shape index (κ2) is 19.7. The molecule has 13 aromatic carbocycles. The predicted molar refractivity (Wildman–Crippen MR) is 359 cm³/mol. The first-order chi connectivity index (χ1) is 42.1. The molecule has 0 bridgehead atoms. The molecule has 1 atom stereocenters. The van der Waals surface area contributed by atoms with Crippen molar-refractivity contribution in [3.05, 3.63) is 309 Å². The summed E-state index contributed by atoms with van der Waals surface area (Å²) in [5.74, 6) is 0. The number of nitrogens with zero attached hydrogens (tertiary/aromatic N) is 5. The molecule has 4 aliphatic heterocycles. The minimum Gasteiger partial charge on any atom is -0.311 e. The first-order valence-electron chi connectivity index (χ1n) is 28.9. The van der Waals surface area contributed by atoms with E-state index >= 15 is 4.57 Å². The molecule has 0 amide bonds. The van der Waals surface area contributed by atoms with E-state index in [0.717, 1.165) is 127 Å². The van der Waals surface area contributed by atoms with Crippen LogP contribution in [0.25, 0.3) is 10.8 Å². The van der Waals surface area contributed by atoms with Crippen LogP contribution in [-0.4, -0.2) is 6.71 Å². The molecule has 4 heterocycles. The number of benzene rings is 13. The van der Waals surface area contributed by atoms with Crippen LogP contribution in [0.1, 0.15) is 0 Å². The first kappa shape index (κ1) is 49.4. The van der Waals surface area contributed by atoms with Gasteiger partial charge in [0.1, 0.15) is 0 Å². The molecule has 0 spiro atoms. The van der Waals surface area contributed by atoms with Crippen LogP contribution in [0.15, 0.2) is 319 Å². The number of anilines is 15. The molecule has 0 N–H and O–H groups in total. The van der Waals surface area contributed by atoms with Crippen LogP contribution in [0, 0.1) is 0 Å². The third-order valence-corrected chi connectivity index (χ3v) is 21.8. The summed E-state index contributed by atoms with van der Waals surface area (Å²) in [5.41, 5.74) is 18.9. The summed E-state index contributed by atoms with van der Waals surface area (Å²) in [5, 5.41) is 4.70. The van der Waals surface area contributed by atoms with Crippen molar-refractivity contribution >= 4 is 154 Å². The maximum absolute atomic E-state index is 18.3. The van der Waals surface area contributed by atoms with E-state index in [1.165, 1.54) is 10.9 Å². The minimum atomic E-state index is -3.77. The third-order valence-electron chi connectivity index (χ3n) is 17.3. The van der Waals surface area contributed by atoms with Gasteiger partial charge in [-0.05, 0) is 149 Å². The Kier molecular flexibility index (Phi) is 11.5. The molecule has 85 heavy (non-hydrogen) atoms. The second-order valence-electron chi connectivity index (χ2n) is 22.0. The van der Waals surface area contributed by atoms with Gasteiger partial charge in [-0.2, -0.15) is 0 Å². The zero-order valence-corrected chi connectivity index (χ0v) is 47.7. The highest BCUT2D eigenvalue weighted by molar-refractivity contribution is 8.03. The van der Waals surface area contributed by atoms with E-state index in [-0.39, 0.29) is 6.71 Å². The van der Waals surface area contributed by atoms with E-state index in [4.69, 9.17) is 0 Å². The fourth-order valence-corrected chi connectivity index (χ4v) is 18.9. The van der Waals surface area contributed by atoms with Crippen LogP contribution >= 0.6 is 18.9 Å². The molecule has 17 rings (SSSR count). The molecule has 0 fully saturated rings. The van der Waals surface area contributed by atoms with Gasteiger partial charge in [-0.1, -0.05) is 194 Å². The SMILES string of the molecule is O=P12c3cc4c(cc3Sc3cc(N(c5ccccc5)c5ccccc5)cc(c31)N(c1ccccc1)c1c2ccc2ccccc12)N(c1ccccc1)c1cc(N(c2ccccc2)c2ccccc2)cc2c1B4c1ccccc1N2c1ccccc1. The molecule has 400 valence electrons. The van der Waals surface area contributed by atoms with Crippen LogP contribution in [0.5, 0.6) is 0 Å². The predicted octanol–water partition coefficient (Wildman–Crippen LogP) is 17.7. The Morgan fingerprint density at radius 1 is 0.329 bits per heavy atom. The summed E-state index contributed by atoms with van der Waals surface area (Å²) in [7, 11) is -3.77. The summed E-state index contributed by atoms with van der Waals surface area (Å²) >= 11 is 1.74. The Labute approximate surface area is 499 Å². The van der Waals surface area contributed by atoms with Crippen molar-refractivity contribution in [2.75, 3.05) is 24.5 Å². The quantitative estimate of drug-likeness (QED) is 0.105. The largest absolute Gasteiger partial charge is 0.311 e. The Morgan fingerprint density at radius 2 is 0.776 bits per heavy atom. The lowest BCUT2D eigenvalue weighted by atomic mass is 9.33. The molecule has 9 heteroatoms. The smallest absolute Gasteiger partial charge is 0.252 e. The van der Waals surface area contributed by atoms with Crippen molar-refractivity contribution in [1.29, 1.82) is 0 Å². The van der Waals surface area contributed by atoms with Gasteiger partial charge in [0.25, 0.3) is 6.71 Å². The lowest BCUT2D eigenvalue weighted by molar-refractivity contribution is 0.591. The molecule has 4 aliphatic rings. The summed E-state index contributed by atoms with van der Waals surface area (Å²) in [6, 6.07) is 111. The average molecular weight is 1120 g/mol. The van der Waals surface area contributed by atoms with Gasteiger partial charge in [-0.15, -0.1) is 0 Å². The van der Waals surface area contributed by atoms with Gasteiger partial charge in [-0.25, -0.2) is 0 Å². The monoisotopic (exact) mass is 1120 g/mol. The van der Waals surface area contributed by atoms with Gasteiger partial charge in [-0.3, -0.25) is 0 Å². The molecule has 6 nitrogen and oxygen atoms in total. The third kappa shape index (κ3) is 7.66. The molecular formula is C76H51BN5OPS. The van der Waals surface area contributed by atoms with Crippen LogP contribution < -0.4 is 56.8 Å². The van der Waals surface area contributed by atoms with Gasteiger partial charge < -0.3 is 29.1 Å². The van der Waals surface area contributed by atoms with Crippen molar-refractivity contribution in [2.24, 2.45) is 0 Å². The van der Waals surface area contributed by atoms with E-state index in [0.29, 0.717) is 0 Å². The highest BCUT2D eigenvalue weighted by atomic mass is 32.2. The van der Waals surface area contributed by atoms with Crippen molar-refractivity contribution in [1.82, 2.24) is 0 Å². The summed E-state index contributed by atoms with van der Waals surface area (Å²) in [6.45, 7) is -0.246. The second-order valence-corrected chi connectivity index (χ2v) is 25.7. The number of hydrogen-bond acceptors (Lipinski definition) is 7. The number of rotatable bonds is 9. The zero-order chi connectivity index (χ0) is 56.2. The van der Waals surface area contributed by atoms with Gasteiger partial charge in [0.05, 0.1) is 22.4 Å². The van der Waals surface area contributed by atoms with Crippen LogP contribution in [0.3, 0.4) is 0 Å². The van der Waals surface area contributed by atoms with Crippen molar-refractivity contribution < 1.29 is 4.57 Å². The first-order valence-corrected chi connectivity index (χ1v) is 31.4. The van der Waals surface area contributed by atoms with E-state index in [2.05, 4.69) is 334 Å². The molecule has 1 unspecified atom stereocenters. The van der Waals surface area contributed by atoms with Gasteiger partial charge >= 0.3 is 0 Å². The zero-order valence-electron chi connectivity index (χ0n) is 46.0. The number of hydrogen-bond donors (Lipinski definition) is 0. The van der Waals surface area contributed by atoms with Crippen molar-refractivity contribution in [3.63, 3.8) is 0 Å². The van der Waals surface area contributed by atoms with Crippen molar-refractivity contribution in [2.45, 2.75) is 9.79 Å². The fourth-order valence-electron chi connectivity index (χ4n) is 13.8. The average Bonchev–Trinajstić information content (AvgIpc) is 1.13. The number of para-hydroxylation sites is 8. The summed E-state index contributed by atoms with van der Waals surface area (Å²) < 4.78 is 18.3. The van der Waals surface area contributed by atoms with Gasteiger partial charge in [0, 0.05) is 94.0 Å². The molecule has 0 aromatic heterocycles. The van der Waals surface area contributed by atoms with Crippen LogP contribution in [0.4, 0.5) is 85.3 Å². The molecular weight excluding hydrogens is 1070 g/mol. The topological polar surface area (TPSA) is 33.3 Å². The summed E-state index contributed by atoms with van der Waals surface area (Å²) in [4.78, 5) is 14.0. The van der Waals surface area contributed by atoms with E-state index in [9.17, 15) is 0 Å². The maximum Gasteiger partial charge on any atom is 0.252 e. The molecule has 0 saturated carbocycles. The van der Waals surface area contributed by atoms with E-state index in [1.54, 1.807) is 11.8 Å². The Morgan fingerprint density at radius 3 is 1.33 bits per heavy atom. The van der Waals surface area contributed by atoms with Gasteiger partial charge in [0.2, 0.25) is 0 Å². The van der Waals surface area contributed by atoms with Gasteiger partial charge in [0.15, 0.2) is 7.14 Å². The molecule has 13 aromatic rings. The standard InChI is InChI=1S/C76H51BN5OPS/c83-84-70-45-44-52-26-22-23-41-62(52)75(70)82(59-39-20-7-21-40-59)69-48-61(79(55-31-12-3-13-32-55)56-33-14-4-15-34-56)49-73(76(69)84)85-72-51-66-64(50-71(72)84)77-63-42-24-25-43-65(63)80(57-35-16-5-17-36-57)67-46-60(47-68(74(67)77)81(66)58-37-18-6-19-38-58)78(53-27-8-1-9-28-53)54-29-10-2-11-30-54/h1-51H. The molecule has 0 aliphatic carbocycles. The van der Waals surface area contributed by atoms with E-state index < -0.39 is 7.14 Å². The lowest BCUT2D eigenvalue weighted by Gasteiger charge is -2.46.